The van der Waals surface area contributed by atoms with Crippen LogP contribution in [0.4, 0.5) is 0 Å². The molecular weight excluding hydrogens is 238 g/mol. The molecule has 9 nitrogen and oxygen atoms in total. The predicted octanol–water partition coefficient (Wildman–Crippen LogP) is -4.56. The van der Waals surface area contributed by atoms with E-state index in [1.54, 1.807) is 0 Å². The number of hydrogen-bond donors (Lipinski definition) is 8. The Bertz CT molecular complexity index is 192. The molecule has 9 heteroatoms. The summed E-state index contributed by atoms with van der Waals surface area (Å²) in [6.07, 6.45) is -4.29. The van der Waals surface area contributed by atoms with E-state index in [4.69, 9.17) is 41.5 Å². The Morgan fingerprint density at radius 2 is 1.29 bits per heavy atom. The molecule has 0 saturated heterocycles. The second-order valence-electron chi connectivity index (χ2n) is 3.12. The fourth-order valence-electron chi connectivity index (χ4n) is 0.551. The Hall–Kier alpha value is -0.810. The third-order valence-corrected chi connectivity index (χ3v) is 1.68. The van der Waals surface area contributed by atoms with E-state index in [0.717, 1.165) is 0 Å². The maximum atomic E-state index is 9.65. The Kier molecular flexibility index (Phi) is 11.3. The molecule has 0 amide bonds. The van der Waals surface area contributed by atoms with E-state index < -0.39 is 50.1 Å². The monoisotopic (exact) mass is 257 g/mol. The molecule has 0 aliphatic heterocycles. The smallest absolute Gasteiger partial charge is 0.322 e. The largest absolute Gasteiger partial charge is 0.480 e. The van der Waals surface area contributed by atoms with Crippen molar-refractivity contribution in [1.82, 2.24) is 0 Å². The second kappa shape index (κ2) is 10.4. The van der Waals surface area contributed by atoms with Crippen LogP contribution in [0, 0.1) is 0 Å². The third-order valence-electron chi connectivity index (χ3n) is 1.68. The lowest BCUT2D eigenvalue weighted by Crippen LogP contribution is -2.41. The second-order valence-corrected chi connectivity index (χ2v) is 3.12. The van der Waals surface area contributed by atoms with Crippen molar-refractivity contribution in [1.29, 1.82) is 0 Å². The number of carboxylic acid groups (broad SMARTS) is 1. The van der Waals surface area contributed by atoms with Crippen molar-refractivity contribution >= 4 is 5.97 Å². The molecule has 0 fully saturated rings. The SMILES string of the molecule is NC(CO)C(=O)O.OC[C@@H](O)[C@H](O)[C@@H](O)CO. The summed E-state index contributed by atoms with van der Waals surface area (Å²) >= 11 is 0. The van der Waals surface area contributed by atoms with Crippen molar-refractivity contribution in [3.8, 4) is 0 Å². The summed E-state index contributed by atoms with van der Waals surface area (Å²) in [4.78, 5) is 9.65. The van der Waals surface area contributed by atoms with Crippen molar-refractivity contribution < 1.29 is 40.5 Å². The highest BCUT2D eigenvalue weighted by atomic mass is 16.4. The normalized spacial score (nSPS) is 17.4. The zero-order valence-electron chi connectivity index (χ0n) is 9.05. The molecule has 0 radical (unpaired) electrons. The van der Waals surface area contributed by atoms with E-state index in [0.29, 0.717) is 0 Å². The van der Waals surface area contributed by atoms with Gasteiger partial charge in [-0.1, -0.05) is 0 Å². The number of aliphatic hydroxyl groups is 6. The van der Waals surface area contributed by atoms with Gasteiger partial charge in [0.05, 0.1) is 19.8 Å². The average molecular weight is 257 g/mol. The quantitative estimate of drug-likeness (QED) is 0.232. The van der Waals surface area contributed by atoms with Gasteiger partial charge in [-0.15, -0.1) is 0 Å². The molecule has 1 unspecified atom stereocenters. The summed E-state index contributed by atoms with van der Waals surface area (Å²) in [5.74, 6) is -1.18. The van der Waals surface area contributed by atoms with Crippen LogP contribution >= 0.6 is 0 Å². The summed E-state index contributed by atoms with van der Waals surface area (Å²) in [6, 6.07) is -1.13. The molecule has 0 aromatic carbocycles. The lowest BCUT2D eigenvalue weighted by Gasteiger charge is -2.19. The standard InChI is InChI=1S/C5H12O5.C3H7NO3/c6-1-3(8)5(10)4(9)2-7;4-2(1-5)3(6)7/h3-10H,1-2H2;2,5H,1,4H2,(H,6,7)/t3-,4+,5+;. The number of hydrogen-bond acceptors (Lipinski definition) is 8. The van der Waals surface area contributed by atoms with Gasteiger partial charge in [0.15, 0.2) is 0 Å². The first kappa shape index (κ1) is 18.6. The number of aliphatic carboxylic acids is 1. The van der Waals surface area contributed by atoms with Crippen LogP contribution in [0.1, 0.15) is 0 Å². The first-order valence-electron chi connectivity index (χ1n) is 4.66. The minimum absolute atomic E-state index is 0.505. The zero-order valence-corrected chi connectivity index (χ0v) is 9.05. The minimum Gasteiger partial charge on any atom is -0.480 e. The van der Waals surface area contributed by atoms with Gasteiger partial charge in [0.2, 0.25) is 0 Å². The average Bonchev–Trinajstić information content (AvgIpc) is 2.35. The first-order valence-corrected chi connectivity index (χ1v) is 4.66. The van der Waals surface area contributed by atoms with Crippen LogP contribution in [0.3, 0.4) is 0 Å². The van der Waals surface area contributed by atoms with E-state index in [1.807, 2.05) is 0 Å². The van der Waals surface area contributed by atoms with Gasteiger partial charge in [0.25, 0.3) is 0 Å². The topological polar surface area (TPSA) is 185 Å². The Morgan fingerprint density at radius 3 is 1.41 bits per heavy atom. The Labute approximate surface area is 97.4 Å². The fourth-order valence-corrected chi connectivity index (χ4v) is 0.551. The molecule has 0 saturated carbocycles. The Morgan fingerprint density at radius 1 is 0.941 bits per heavy atom. The van der Waals surface area contributed by atoms with Gasteiger partial charge >= 0.3 is 5.97 Å². The lowest BCUT2D eigenvalue weighted by molar-refractivity contribution is -0.139. The van der Waals surface area contributed by atoms with Gasteiger partial charge in [-0.3, -0.25) is 4.79 Å². The first-order chi connectivity index (χ1) is 7.81. The molecule has 0 rings (SSSR count). The van der Waals surface area contributed by atoms with E-state index in [-0.39, 0.29) is 0 Å². The van der Waals surface area contributed by atoms with E-state index >= 15 is 0 Å². The van der Waals surface area contributed by atoms with Gasteiger partial charge in [0, 0.05) is 0 Å². The molecule has 17 heavy (non-hydrogen) atoms. The molecule has 0 spiro atoms. The molecular formula is C8H19NO8. The van der Waals surface area contributed by atoms with Gasteiger partial charge in [-0.2, -0.15) is 0 Å². The number of aliphatic hydroxyl groups excluding tert-OH is 6. The van der Waals surface area contributed by atoms with Gasteiger partial charge in [0.1, 0.15) is 24.4 Å². The molecule has 0 aliphatic rings. The number of rotatable bonds is 6. The number of nitrogens with two attached hydrogens (primary N) is 1. The number of carboxylic acids is 1. The van der Waals surface area contributed by atoms with Gasteiger partial charge in [-0.25, -0.2) is 0 Å². The summed E-state index contributed by atoms with van der Waals surface area (Å²) in [7, 11) is 0. The lowest BCUT2D eigenvalue weighted by atomic mass is 10.1. The highest BCUT2D eigenvalue weighted by Crippen LogP contribution is 1.97. The maximum Gasteiger partial charge on any atom is 0.322 e. The predicted molar refractivity (Wildman–Crippen MR) is 54.9 cm³/mol. The van der Waals surface area contributed by atoms with E-state index in [9.17, 15) is 4.79 Å². The minimum atomic E-state index is -1.49. The third kappa shape index (κ3) is 8.94. The van der Waals surface area contributed by atoms with Gasteiger partial charge in [-0.05, 0) is 0 Å². The van der Waals surface area contributed by atoms with Crippen molar-refractivity contribution in [2.24, 2.45) is 5.73 Å². The Balaban J connectivity index is 0. The molecule has 0 heterocycles. The molecule has 104 valence electrons. The van der Waals surface area contributed by atoms with Crippen LogP contribution < -0.4 is 5.73 Å². The molecule has 0 aromatic heterocycles. The molecule has 9 N–H and O–H groups in total. The zero-order chi connectivity index (χ0) is 14.0. The van der Waals surface area contributed by atoms with Gasteiger partial charge < -0.3 is 41.5 Å². The van der Waals surface area contributed by atoms with Crippen LogP contribution in [0.15, 0.2) is 0 Å². The molecule has 0 aromatic rings. The van der Waals surface area contributed by atoms with E-state index in [2.05, 4.69) is 0 Å². The van der Waals surface area contributed by atoms with Crippen LogP contribution in [0.5, 0.6) is 0 Å². The van der Waals surface area contributed by atoms with Crippen molar-refractivity contribution in [2.75, 3.05) is 19.8 Å². The van der Waals surface area contributed by atoms with Crippen LogP contribution in [-0.2, 0) is 4.79 Å². The molecule has 4 atom stereocenters. The van der Waals surface area contributed by atoms with E-state index in [1.165, 1.54) is 0 Å². The number of carbonyl (C=O) groups is 1. The molecule has 0 aliphatic carbocycles. The summed E-state index contributed by atoms with van der Waals surface area (Å²) in [5, 5.41) is 58.5. The highest BCUT2D eigenvalue weighted by Gasteiger charge is 2.22. The van der Waals surface area contributed by atoms with Crippen LogP contribution in [-0.4, -0.2) is 85.9 Å². The highest BCUT2D eigenvalue weighted by molar-refractivity contribution is 5.73. The van der Waals surface area contributed by atoms with Crippen LogP contribution in [0.2, 0.25) is 0 Å². The fraction of sp³-hybridized carbons (Fsp3) is 0.875. The summed E-state index contributed by atoms with van der Waals surface area (Å²) in [5.41, 5.74) is 4.77. The summed E-state index contributed by atoms with van der Waals surface area (Å²) < 4.78 is 0. The summed E-state index contributed by atoms with van der Waals surface area (Å²) in [6.45, 7) is -1.79. The van der Waals surface area contributed by atoms with Crippen molar-refractivity contribution in [3.63, 3.8) is 0 Å². The van der Waals surface area contributed by atoms with Crippen molar-refractivity contribution in [2.45, 2.75) is 24.4 Å². The van der Waals surface area contributed by atoms with Crippen molar-refractivity contribution in [3.05, 3.63) is 0 Å². The molecule has 0 bridgehead atoms. The maximum absolute atomic E-state index is 9.65. The van der Waals surface area contributed by atoms with Crippen LogP contribution in [0.25, 0.3) is 0 Å².